The van der Waals surface area contributed by atoms with Crippen molar-refractivity contribution >= 4 is 33.3 Å². The molecule has 0 fully saturated rings. The van der Waals surface area contributed by atoms with Crippen LogP contribution in [0, 0.1) is 6.92 Å². The number of hydrogen-bond acceptors (Lipinski definition) is 6. The maximum Gasteiger partial charge on any atom is 0.258 e. The van der Waals surface area contributed by atoms with Crippen molar-refractivity contribution in [2.75, 3.05) is 12.4 Å². The highest BCUT2D eigenvalue weighted by atomic mass is 32.1. The average Bonchev–Trinajstić information content (AvgIpc) is 3.14. The van der Waals surface area contributed by atoms with Crippen LogP contribution in [0.5, 0.6) is 5.75 Å². The van der Waals surface area contributed by atoms with Crippen LogP contribution in [0.25, 0.3) is 10.9 Å². The number of nitrogens with zero attached hydrogens (tertiary/aromatic N) is 3. The van der Waals surface area contributed by atoms with E-state index in [1.807, 2.05) is 55.5 Å². The first kappa shape index (κ1) is 18.1. The van der Waals surface area contributed by atoms with E-state index >= 15 is 0 Å². The number of nitrogens with one attached hydrogen (secondary N) is 1. The van der Waals surface area contributed by atoms with E-state index in [9.17, 15) is 4.79 Å². The van der Waals surface area contributed by atoms with Gasteiger partial charge in [0.05, 0.1) is 18.2 Å². The molecule has 1 N–H and O–H groups in total. The zero-order chi connectivity index (χ0) is 19.5. The number of hydrogen-bond donors (Lipinski definition) is 1. The summed E-state index contributed by atoms with van der Waals surface area (Å²) in [5.41, 5.74) is 3.27. The number of para-hydroxylation sites is 1. The summed E-state index contributed by atoms with van der Waals surface area (Å²) in [6.45, 7) is 1.88. The minimum Gasteiger partial charge on any atom is -0.497 e. The van der Waals surface area contributed by atoms with E-state index in [1.165, 1.54) is 11.3 Å². The second-order valence-electron chi connectivity index (χ2n) is 6.31. The predicted molar refractivity (Wildman–Crippen MR) is 110 cm³/mol. The van der Waals surface area contributed by atoms with Crippen molar-refractivity contribution in [3.05, 3.63) is 76.4 Å². The van der Waals surface area contributed by atoms with Crippen molar-refractivity contribution in [3.63, 3.8) is 0 Å². The molecule has 4 aromatic rings. The Morgan fingerprint density at radius 2 is 1.89 bits per heavy atom. The Kier molecular flexibility index (Phi) is 4.99. The largest absolute Gasteiger partial charge is 0.497 e. The van der Waals surface area contributed by atoms with E-state index in [2.05, 4.69) is 20.5 Å². The van der Waals surface area contributed by atoms with E-state index in [0.717, 1.165) is 32.9 Å². The smallest absolute Gasteiger partial charge is 0.258 e. The molecule has 1 amide bonds. The molecule has 6 nitrogen and oxygen atoms in total. The number of ether oxygens (including phenoxy) is 1. The highest BCUT2D eigenvalue weighted by Gasteiger charge is 2.14. The first-order valence-corrected chi connectivity index (χ1v) is 9.57. The fourth-order valence-corrected chi connectivity index (χ4v) is 3.72. The van der Waals surface area contributed by atoms with Crippen molar-refractivity contribution in [1.82, 2.24) is 15.2 Å². The molecule has 0 aliphatic heterocycles. The predicted octanol–water partition coefficient (Wildman–Crippen LogP) is 4.25. The molecule has 0 saturated heterocycles. The summed E-state index contributed by atoms with van der Waals surface area (Å²) in [6, 6.07) is 17.2. The van der Waals surface area contributed by atoms with Crippen LogP contribution in [-0.4, -0.2) is 28.2 Å². The lowest BCUT2D eigenvalue weighted by atomic mass is 10.1. The summed E-state index contributed by atoms with van der Waals surface area (Å²) in [5.74, 6) is 0.600. The fraction of sp³-hybridized carbons (Fsp3) is 0.143. The molecule has 0 aliphatic rings. The molecule has 0 atom stereocenters. The maximum absolute atomic E-state index is 12.8. The van der Waals surface area contributed by atoms with Crippen LogP contribution in [0.3, 0.4) is 0 Å². The number of methoxy groups -OCH3 is 1. The standard InChI is InChI=1S/C21H18N4O2S/c1-13-11-17(16-5-3-4-6-18(16)22-13)20(26)23-21-25-24-19(28-21)12-14-7-9-15(27-2)10-8-14/h3-11H,12H2,1-2H3,(H,23,25,26). The molecule has 7 heteroatoms. The van der Waals surface area contributed by atoms with E-state index in [1.54, 1.807) is 13.2 Å². The minimum atomic E-state index is -0.214. The molecule has 0 saturated carbocycles. The van der Waals surface area contributed by atoms with E-state index in [4.69, 9.17) is 4.74 Å². The third-order valence-electron chi connectivity index (χ3n) is 4.29. The number of amides is 1. The molecule has 140 valence electrons. The fourth-order valence-electron chi connectivity index (χ4n) is 2.95. The second-order valence-corrected chi connectivity index (χ2v) is 7.37. The van der Waals surface area contributed by atoms with Gasteiger partial charge in [0, 0.05) is 17.5 Å². The number of rotatable bonds is 5. The van der Waals surface area contributed by atoms with Gasteiger partial charge in [0.25, 0.3) is 5.91 Å². The summed E-state index contributed by atoms with van der Waals surface area (Å²) in [7, 11) is 1.64. The number of fused-ring (bicyclic) bond motifs is 1. The van der Waals surface area contributed by atoms with Crippen LogP contribution >= 0.6 is 11.3 Å². The third kappa shape index (κ3) is 3.84. The molecule has 0 aliphatic carbocycles. The molecule has 0 bridgehead atoms. The Balaban J connectivity index is 1.51. The summed E-state index contributed by atoms with van der Waals surface area (Å²) in [6.07, 6.45) is 0.648. The van der Waals surface area contributed by atoms with Crippen molar-refractivity contribution in [3.8, 4) is 5.75 Å². The molecule has 2 aromatic carbocycles. The van der Waals surface area contributed by atoms with Crippen LogP contribution in [0.1, 0.15) is 26.6 Å². The molecule has 0 unspecified atom stereocenters. The first-order chi connectivity index (χ1) is 13.6. The highest BCUT2D eigenvalue weighted by Crippen LogP contribution is 2.23. The van der Waals surface area contributed by atoms with Gasteiger partial charge < -0.3 is 4.74 Å². The van der Waals surface area contributed by atoms with Gasteiger partial charge in [-0.1, -0.05) is 41.7 Å². The zero-order valence-electron chi connectivity index (χ0n) is 15.5. The van der Waals surface area contributed by atoms with Crippen molar-refractivity contribution in [2.24, 2.45) is 0 Å². The number of anilines is 1. The Morgan fingerprint density at radius 1 is 1.11 bits per heavy atom. The Bertz CT molecular complexity index is 1140. The second kappa shape index (κ2) is 7.74. The minimum absolute atomic E-state index is 0.214. The number of carbonyl (C=O) groups is 1. The molecular weight excluding hydrogens is 372 g/mol. The normalized spacial score (nSPS) is 10.8. The zero-order valence-corrected chi connectivity index (χ0v) is 16.3. The number of pyridine rings is 1. The van der Waals surface area contributed by atoms with Crippen LogP contribution in [-0.2, 0) is 6.42 Å². The molecule has 0 spiro atoms. The van der Waals surface area contributed by atoms with E-state index < -0.39 is 0 Å². The summed E-state index contributed by atoms with van der Waals surface area (Å²) >= 11 is 1.37. The van der Waals surface area contributed by atoms with E-state index in [0.29, 0.717) is 17.1 Å². The molecule has 4 rings (SSSR count). The molecule has 28 heavy (non-hydrogen) atoms. The first-order valence-electron chi connectivity index (χ1n) is 8.75. The monoisotopic (exact) mass is 390 g/mol. The lowest BCUT2D eigenvalue weighted by molar-refractivity contribution is 0.102. The lowest BCUT2D eigenvalue weighted by Gasteiger charge is -2.07. The summed E-state index contributed by atoms with van der Waals surface area (Å²) in [4.78, 5) is 17.3. The number of carbonyl (C=O) groups excluding carboxylic acids is 1. The van der Waals surface area contributed by atoms with E-state index in [-0.39, 0.29) is 5.91 Å². The van der Waals surface area contributed by atoms with Crippen molar-refractivity contribution in [2.45, 2.75) is 13.3 Å². The van der Waals surface area contributed by atoms with Gasteiger partial charge >= 0.3 is 0 Å². The molecule has 2 heterocycles. The topological polar surface area (TPSA) is 77.0 Å². The van der Waals surface area contributed by atoms with Crippen LogP contribution < -0.4 is 10.1 Å². The summed E-state index contributed by atoms with van der Waals surface area (Å²) < 4.78 is 5.17. The molecule has 2 aromatic heterocycles. The van der Waals surface area contributed by atoms with Crippen LogP contribution in [0.4, 0.5) is 5.13 Å². The van der Waals surface area contributed by atoms with Gasteiger partial charge in [-0.05, 0) is 36.8 Å². The Labute approximate surface area is 166 Å². The third-order valence-corrected chi connectivity index (χ3v) is 5.13. The van der Waals surface area contributed by atoms with Gasteiger partial charge in [0.1, 0.15) is 10.8 Å². The summed E-state index contributed by atoms with van der Waals surface area (Å²) in [5, 5.41) is 13.3. The van der Waals surface area contributed by atoms with Gasteiger partial charge in [-0.2, -0.15) is 0 Å². The van der Waals surface area contributed by atoms with Crippen LogP contribution in [0.15, 0.2) is 54.6 Å². The van der Waals surface area contributed by atoms with Crippen molar-refractivity contribution < 1.29 is 9.53 Å². The maximum atomic E-state index is 12.8. The van der Waals surface area contributed by atoms with Gasteiger partial charge in [-0.3, -0.25) is 15.1 Å². The number of benzene rings is 2. The number of aromatic nitrogens is 3. The SMILES string of the molecule is COc1ccc(Cc2nnc(NC(=O)c3cc(C)nc4ccccc34)s2)cc1. The van der Waals surface area contributed by atoms with Crippen molar-refractivity contribution in [1.29, 1.82) is 0 Å². The quantitative estimate of drug-likeness (QED) is 0.551. The molecule has 0 radical (unpaired) electrons. The average molecular weight is 390 g/mol. The Morgan fingerprint density at radius 3 is 2.68 bits per heavy atom. The van der Waals surface area contributed by atoms with Gasteiger partial charge in [-0.15, -0.1) is 10.2 Å². The van der Waals surface area contributed by atoms with Gasteiger partial charge in [-0.25, -0.2) is 0 Å². The van der Waals surface area contributed by atoms with Crippen LogP contribution in [0.2, 0.25) is 0 Å². The van der Waals surface area contributed by atoms with Gasteiger partial charge in [0.2, 0.25) is 5.13 Å². The Hall–Kier alpha value is -3.32. The lowest BCUT2D eigenvalue weighted by Crippen LogP contribution is -2.13. The van der Waals surface area contributed by atoms with Gasteiger partial charge in [0.15, 0.2) is 0 Å². The number of aryl methyl sites for hydroxylation is 1. The highest BCUT2D eigenvalue weighted by molar-refractivity contribution is 7.15. The molecular formula is C21H18N4O2S.